The van der Waals surface area contributed by atoms with E-state index in [1.165, 1.54) is 10.9 Å². The highest BCUT2D eigenvalue weighted by molar-refractivity contribution is 6.30. The van der Waals surface area contributed by atoms with Crippen molar-refractivity contribution in [1.29, 1.82) is 0 Å². The van der Waals surface area contributed by atoms with Crippen molar-refractivity contribution in [3.63, 3.8) is 0 Å². The van der Waals surface area contributed by atoms with Crippen LogP contribution in [0.5, 0.6) is 0 Å². The van der Waals surface area contributed by atoms with E-state index < -0.39 is 5.97 Å². The Morgan fingerprint density at radius 3 is 2.76 bits per heavy atom. The second-order valence-corrected chi connectivity index (χ2v) is 4.57. The fraction of sp³-hybridized carbons (Fsp3) is 0.0833. The summed E-state index contributed by atoms with van der Waals surface area (Å²) in [6.45, 7) is 0.164. The smallest absolute Gasteiger partial charge is 0.358 e. The van der Waals surface area contributed by atoms with Crippen LogP contribution < -0.4 is 0 Å². The molecule has 9 heteroatoms. The topological polar surface area (TPSA) is 107 Å². The van der Waals surface area contributed by atoms with E-state index >= 15 is 0 Å². The van der Waals surface area contributed by atoms with Gasteiger partial charge in [-0.05, 0) is 24.3 Å². The fourth-order valence-corrected chi connectivity index (χ4v) is 1.77. The first kappa shape index (κ1) is 13.3. The summed E-state index contributed by atoms with van der Waals surface area (Å²) < 4.78 is 6.45. The number of nitrogens with zero attached hydrogens (tertiary/aromatic N) is 5. The Balaban J connectivity index is 1.78. The first-order chi connectivity index (χ1) is 10.1. The van der Waals surface area contributed by atoms with Crippen LogP contribution in [-0.2, 0) is 6.54 Å². The minimum atomic E-state index is -1.14. The van der Waals surface area contributed by atoms with E-state index in [0.29, 0.717) is 16.7 Å². The average molecular weight is 306 g/mol. The van der Waals surface area contributed by atoms with Crippen molar-refractivity contribution in [1.82, 2.24) is 25.1 Å². The SMILES string of the molecule is O=C(O)c1cn(Cc2noc(-c3ccc(Cl)cc3)n2)nn1. The molecule has 1 N–H and O–H groups in total. The standard InChI is InChI=1S/C12H8ClN5O3/c13-8-3-1-7(2-4-8)11-14-10(16-21-11)6-18-5-9(12(19)20)15-17-18/h1-5H,6H2,(H,19,20). The number of carboxylic acids is 1. The molecule has 3 rings (SSSR count). The third kappa shape index (κ3) is 2.90. The van der Waals surface area contributed by atoms with Crippen molar-refractivity contribution in [3.8, 4) is 11.5 Å². The van der Waals surface area contributed by atoms with E-state index in [-0.39, 0.29) is 12.2 Å². The maximum absolute atomic E-state index is 10.7. The van der Waals surface area contributed by atoms with Crippen LogP contribution in [-0.4, -0.2) is 36.2 Å². The van der Waals surface area contributed by atoms with Gasteiger partial charge in [0, 0.05) is 10.6 Å². The summed E-state index contributed by atoms with van der Waals surface area (Å²) in [7, 11) is 0. The van der Waals surface area contributed by atoms with Gasteiger partial charge in [0.05, 0.1) is 6.20 Å². The van der Waals surface area contributed by atoms with Crippen LogP contribution in [0.4, 0.5) is 0 Å². The molecule has 2 heterocycles. The Bertz CT molecular complexity index is 780. The monoisotopic (exact) mass is 305 g/mol. The van der Waals surface area contributed by atoms with Crippen LogP contribution in [0.2, 0.25) is 5.02 Å². The Hall–Kier alpha value is -2.74. The van der Waals surface area contributed by atoms with Gasteiger partial charge in [0.2, 0.25) is 0 Å². The highest BCUT2D eigenvalue weighted by Crippen LogP contribution is 2.19. The molecular weight excluding hydrogens is 298 g/mol. The largest absolute Gasteiger partial charge is 0.476 e. The highest BCUT2D eigenvalue weighted by Gasteiger charge is 2.12. The van der Waals surface area contributed by atoms with Crippen LogP contribution in [0, 0.1) is 0 Å². The third-order valence-corrected chi connectivity index (χ3v) is 2.87. The Morgan fingerprint density at radius 1 is 1.33 bits per heavy atom. The van der Waals surface area contributed by atoms with Crippen molar-refractivity contribution < 1.29 is 14.4 Å². The molecule has 0 spiro atoms. The van der Waals surface area contributed by atoms with Crippen molar-refractivity contribution in [2.24, 2.45) is 0 Å². The molecule has 0 fully saturated rings. The summed E-state index contributed by atoms with van der Waals surface area (Å²) in [6, 6.07) is 6.96. The second-order valence-electron chi connectivity index (χ2n) is 4.13. The van der Waals surface area contributed by atoms with E-state index in [4.69, 9.17) is 21.2 Å². The second kappa shape index (κ2) is 5.33. The molecule has 2 aromatic heterocycles. The first-order valence-electron chi connectivity index (χ1n) is 5.84. The first-order valence-corrected chi connectivity index (χ1v) is 6.21. The molecule has 0 aliphatic rings. The zero-order valence-electron chi connectivity index (χ0n) is 10.5. The summed E-state index contributed by atoms with van der Waals surface area (Å²) in [6.07, 6.45) is 1.29. The van der Waals surface area contributed by atoms with Crippen molar-refractivity contribution >= 4 is 17.6 Å². The van der Waals surface area contributed by atoms with Crippen LogP contribution >= 0.6 is 11.6 Å². The average Bonchev–Trinajstić information content (AvgIpc) is 3.10. The quantitative estimate of drug-likeness (QED) is 0.782. The number of carboxylic acid groups (broad SMARTS) is 1. The molecule has 0 unspecified atom stereocenters. The zero-order valence-corrected chi connectivity index (χ0v) is 11.2. The number of halogens is 1. The number of hydrogen-bond acceptors (Lipinski definition) is 6. The lowest BCUT2D eigenvalue weighted by Crippen LogP contribution is -2.02. The molecule has 106 valence electrons. The van der Waals surface area contributed by atoms with Gasteiger partial charge in [0.25, 0.3) is 5.89 Å². The van der Waals surface area contributed by atoms with Gasteiger partial charge in [0.15, 0.2) is 11.5 Å². The van der Waals surface area contributed by atoms with E-state index in [2.05, 4.69) is 20.5 Å². The number of rotatable bonds is 4. The summed E-state index contributed by atoms with van der Waals surface area (Å²) in [5, 5.41) is 20.4. The molecular formula is C12H8ClN5O3. The van der Waals surface area contributed by atoms with Gasteiger partial charge in [-0.15, -0.1) is 5.10 Å². The summed E-state index contributed by atoms with van der Waals surface area (Å²) in [5.74, 6) is -0.432. The maximum Gasteiger partial charge on any atom is 0.358 e. The molecule has 0 saturated heterocycles. The van der Waals surface area contributed by atoms with Gasteiger partial charge in [-0.25, -0.2) is 9.48 Å². The van der Waals surface area contributed by atoms with Gasteiger partial charge in [-0.2, -0.15) is 4.98 Å². The number of carbonyl (C=O) groups is 1. The molecule has 0 saturated carbocycles. The third-order valence-electron chi connectivity index (χ3n) is 2.62. The Labute approximate surface area is 123 Å². The lowest BCUT2D eigenvalue weighted by atomic mass is 10.2. The van der Waals surface area contributed by atoms with Gasteiger partial charge in [0.1, 0.15) is 6.54 Å². The molecule has 3 aromatic rings. The molecule has 0 amide bonds. The van der Waals surface area contributed by atoms with Crippen molar-refractivity contribution in [2.45, 2.75) is 6.54 Å². The van der Waals surface area contributed by atoms with E-state index in [0.717, 1.165) is 5.56 Å². The Morgan fingerprint density at radius 2 is 2.10 bits per heavy atom. The minimum Gasteiger partial charge on any atom is -0.476 e. The van der Waals surface area contributed by atoms with E-state index in [1.54, 1.807) is 24.3 Å². The molecule has 0 radical (unpaired) electrons. The van der Waals surface area contributed by atoms with Crippen molar-refractivity contribution in [2.75, 3.05) is 0 Å². The Kier molecular flexibility index (Phi) is 3.36. The summed E-state index contributed by atoms with van der Waals surface area (Å²) in [5.41, 5.74) is 0.597. The summed E-state index contributed by atoms with van der Waals surface area (Å²) in [4.78, 5) is 14.9. The van der Waals surface area contributed by atoms with Crippen LogP contribution in [0.1, 0.15) is 16.3 Å². The highest BCUT2D eigenvalue weighted by atomic mass is 35.5. The number of aromatic nitrogens is 5. The fourth-order valence-electron chi connectivity index (χ4n) is 1.65. The van der Waals surface area contributed by atoms with E-state index in [9.17, 15) is 4.79 Å². The van der Waals surface area contributed by atoms with Crippen LogP contribution in [0.15, 0.2) is 35.0 Å². The number of benzene rings is 1. The number of hydrogen-bond donors (Lipinski definition) is 1. The summed E-state index contributed by atoms with van der Waals surface area (Å²) >= 11 is 5.81. The van der Waals surface area contributed by atoms with Crippen LogP contribution in [0.3, 0.4) is 0 Å². The lowest BCUT2D eigenvalue weighted by molar-refractivity contribution is 0.0690. The predicted octanol–water partition coefficient (Wildman–Crippen LogP) is 1.73. The minimum absolute atomic E-state index is 0.142. The molecule has 0 aliphatic heterocycles. The van der Waals surface area contributed by atoms with Crippen LogP contribution in [0.25, 0.3) is 11.5 Å². The molecule has 8 nitrogen and oxygen atoms in total. The molecule has 21 heavy (non-hydrogen) atoms. The maximum atomic E-state index is 10.7. The van der Waals surface area contributed by atoms with Gasteiger partial charge in [-0.3, -0.25) is 0 Å². The molecule has 0 aliphatic carbocycles. The zero-order chi connectivity index (χ0) is 14.8. The molecule has 1 aromatic carbocycles. The van der Waals surface area contributed by atoms with Gasteiger partial charge < -0.3 is 9.63 Å². The molecule has 0 bridgehead atoms. The molecule has 0 atom stereocenters. The van der Waals surface area contributed by atoms with E-state index in [1.807, 2.05) is 0 Å². The van der Waals surface area contributed by atoms with Gasteiger partial charge >= 0.3 is 5.97 Å². The van der Waals surface area contributed by atoms with Crippen molar-refractivity contribution in [3.05, 3.63) is 47.0 Å². The lowest BCUT2D eigenvalue weighted by Gasteiger charge is -1.93. The predicted molar refractivity (Wildman–Crippen MR) is 70.8 cm³/mol. The van der Waals surface area contributed by atoms with Gasteiger partial charge in [-0.1, -0.05) is 22.0 Å². The number of aromatic carboxylic acids is 1. The normalized spacial score (nSPS) is 10.7.